The Balaban J connectivity index is 2.14. The largest absolute Gasteiger partial charge is 0.393 e. The molecule has 0 aromatic heterocycles. The predicted octanol–water partition coefficient (Wildman–Crippen LogP) is -0.425. The molecule has 0 aromatic rings. The standard InChI is InChI=1S/C8H15NO2/c1-9-5-2-6(10)4-7(9)8(11)3-5/h5-8,10-11H,2-4H2,1H3. The van der Waals surface area contributed by atoms with Crippen LogP contribution in [-0.2, 0) is 0 Å². The van der Waals surface area contributed by atoms with Gasteiger partial charge in [0.05, 0.1) is 12.2 Å². The lowest BCUT2D eigenvalue weighted by Crippen LogP contribution is -2.44. The van der Waals surface area contributed by atoms with Gasteiger partial charge in [-0.05, 0) is 26.3 Å². The van der Waals surface area contributed by atoms with Crippen molar-refractivity contribution >= 4 is 0 Å². The Labute approximate surface area is 66.6 Å². The van der Waals surface area contributed by atoms with Gasteiger partial charge in [0.2, 0.25) is 0 Å². The van der Waals surface area contributed by atoms with E-state index < -0.39 is 0 Å². The third-order valence-electron chi connectivity index (χ3n) is 3.11. The van der Waals surface area contributed by atoms with Crippen LogP contribution in [0.3, 0.4) is 0 Å². The summed E-state index contributed by atoms with van der Waals surface area (Å²) in [5.74, 6) is 0. The number of aliphatic hydroxyl groups is 2. The van der Waals surface area contributed by atoms with E-state index in [1.807, 2.05) is 7.05 Å². The number of hydrogen-bond donors (Lipinski definition) is 2. The van der Waals surface area contributed by atoms with Gasteiger partial charge in [0, 0.05) is 12.1 Å². The van der Waals surface area contributed by atoms with Crippen molar-refractivity contribution in [1.29, 1.82) is 0 Å². The van der Waals surface area contributed by atoms with Gasteiger partial charge in [0.1, 0.15) is 0 Å². The Bertz CT molecular complexity index is 160. The number of fused-ring (bicyclic) bond motifs is 2. The number of aliphatic hydroxyl groups excluding tert-OH is 2. The first-order valence-electron chi connectivity index (χ1n) is 4.26. The molecule has 2 fully saturated rings. The van der Waals surface area contributed by atoms with Crippen LogP contribution in [0.25, 0.3) is 0 Å². The average Bonchev–Trinajstić information content (AvgIpc) is 2.17. The zero-order chi connectivity index (χ0) is 8.01. The average molecular weight is 157 g/mol. The first-order valence-corrected chi connectivity index (χ1v) is 4.26. The number of hydrogen-bond acceptors (Lipinski definition) is 3. The fourth-order valence-electron chi connectivity index (χ4n) is 2.42. The van der Waals surface area contributed by atoms with Crippen LogP contribution in [-0.4, -0.2) is 46.5 Å². The lowest BCUT2D eigenvalue weighted by molar-refractivity contribution is 0.0282. The molecule has 0 radical (unpaired) electrons. The van der Waals surface area contributed by atoms with Gasteiger partial charge in [-0.2, -0.15) is 0 Å². The molecule has 0 aromatic carbocycles. The van der Waals surface area contributed by atoms with Gasteiger partial charge < -0.3 is 10.2 Å². The summed E-state index contributed by atoms with van der Waals surface area (Å²) in [6.45, 7) is 0. The lowest BCUT2D eigenvalue weighted by Gasteiger charge is -2.34. The molecule has 0 saturated carbocycles. The van der Waals surface area contributed by atoms with Crippen molar-refractivity contribution in [2.24, 2.45) is 0 Å². The van der Waals surface area contributed by atoms with E-state index in [1.165, 1.54) is 0 Å². The molecule has 0 amide bonds. The van der Waals surface area contributed by atoms with E-state index in [4.69, 9.17) is 0 Å². The molecule has 3 nitrogen and oxygen atoms in total. The van der Waals surface area contributed by atoms with Crippen LogP contribution in [0.1, 0.15) is 19.3 Å². The van der Waals surface area contributed by atoms with Crippen molar-refractivity contribution in [2.45, 2.75) is 43.6 Å². The molecular weight excluding hydrogens is 142 g/mol. The molecule has 0 spiro atoms. The van der Waals surface area contributed by atoms with Crippen LogP contribution in [0.2, 0.25) is 0 Å². The molecule has 64 valence electrons. The monoisotopic (exact) mass is 157 g/mol. The topological polar surface area (TPSA) is 43.7 Å². The Hall–Kier alpha value is -0.120. The summed E-state index contributed by atoms with van der Waals surface area (Å²) in [5.41, 5.74) is 0. The maximum atomic E-state index is 9.53. The predicted molar refractivity (Wildman–Crippen MR) is 41.2 cm³/mol. The molecule has 2 heterocycles. The van der Waals surface area contributed by atoms with Gasteiger partial charge in [-0.1, -0.05) is 0 Å². The molecule has 2 bridgehead atoms. The Kier molecular flexibility index (Phi) is 1.67. The van der Waals surface area contributed by atoms with Crippen molar-refractivity contribution in [2.75, 3.05) is 7.05 Å². The molecule has 0 aliphatic carbocycles. The zero-order valence-corrected chi connectivity index (χ0v) is 6.77. The maximum Gasteiger partial charge on any atom is 0.0711 e. The van der Waals surface area contributed by atoms with Crippen molar-refractivity contribution < 1.29 is 10.2 Å². The quantitative estimate of drug-likeness (QED) is 0.501. The Morgan fingerprint density at radius 3 is 2.55 bits per heavy atom. The summed E-state index contributed by atoms with van der Waals surface area (Å²) in [7, 11) is 2.04. The van der Waals surface area contributed by atoms with Crippen molar-refractivity contribution in [1.82, 2.24) is 4.90 Å². The zero-order valence-electron chi connectivity index (χ0n) is 6.77. The van der Waals surface area contributed by atoms with Gasteiger partial charge in [0.25, 0.3) is 0 Å². The second kappa shape index (κ2) is 2.44. The number of likely N-dealkylation sites (N-methyl/N-ethyl adjacent to an activating group) is 1. The minimum atomic E-state index is -0.206. The summed E-state index contributed by atoms with van der Waals surface area (Å²) in [6, 6.07) is 0.627. The molecular formula is C8H15NO2. The number of nitrogens with zero attached hydrogens (tertiary/aromatic N) is 1. The number of piperidine rings is 1. The summed E-state index contributed by atoms with van der Waals surface area (Å²) < 4.78 is 0. The van der Waals surface area contributed by atoms with E-state index in [2.05, 4.69) is 4.90 Å². The first kappa shape index (κ1) is 7.53. The van der Waals surface area contributed by atoms with Crippen molar-refractivity contribution in [3.05, 3.63) is 0 Å². The minimum Gasteiger partial charge on any atom is -0.393 e. The molecule has 2 aliphatic heterocycles. The summed E-state index contributed by atoms with van der Waals surface area (Å²) in [5, 5.41) is 18.9. The smallest absolute Gasteiger partial charge is 0.0711 e. The van der Waals surface area contributed by atoms with Gasteiger partial charge in [-0.25, -0.2) is 0 Å². The minimum absolute atomic E-state index is 0.182. The van der Waals surface area contributed by atoms with E-state index in [0.717, 1.165) is 19.3 Å². The van der Waals surface area contributed by atoms with Crippen molar-refractivity contribution in [3.8, 4) is 0 Å². The van der Waals surface area contributed by atoms with Crippen LogP contribution >= 0.6 is 0 Å². The second-order valence-corrected chi connectivity index (χ2v) is 3.81. The molecule has 2 rings (SSSR count). The fraction of sp³-hybridized carbons (Fsp3) is 1.00. The molecule has 11 heavy (non-hydrogen) atoms. The van der Waals surface area contributed by atoms with Gasteiger partial charge in [-0.15, -0.1) is 0 Å². The second-order valence-electron chi connectivity index (χ2n) is 3.81. The molecule has 2 N–H and O–H groups in total. The summed E-state index contributed by atoms with van der Waals surface area (Å²) in [6.07, 6.45) is 2.04. The van der Waals surface area contributed by atoms with Crippen LogP contribution in [0, 0.1) is 0 Å². The summed E-state index contributed by atoms with van der Waals surface area (Å²) >= 11 is 0. The van der Waals surface area contributed by atoms with Gasteiger partial charge in [0.15, 0.2) is 0 Å². The van der Waals surface area contributed by atoms with Crippen LogP contribution in [0.15, 0.2) is 0 Å². The number of rotatable bonds is 0. The summed E-state index contributed by atoms with van der Waals surface area (Å²) in [4.78, 5) is 2.21. The van der Waals surface area contributed by atoms with E-state index in [9.17, 15) is 10.2 Å². The Morgan fingerprint density at radius 2 is 1.91 bits per heavy atom. The molecule has 4 atom stereocenters. The van der Waals surface area contributed by atoms with Crippen LogP contribution in [0.4, 0.5) is 0 Å². The third-order valence-corrected chi connectivity index (χ3v) is 3.11. The van der Waals surface area contributed by atoms with Gasteiger partial charge >= 0.3 is 0 Å². The van der Waals surface area contributed by atoms with Crippen LogP contribution in [0.5, 0.6) is 0 Å². The molecule has 4 unspecified atom stereocenters. The van der Waals surface area contributed by atoms with E-state index in [-0.39, 0.29) is 18.2 Å². The third kappa shape index (κ3) is 1.08. The molecule has 2 saturated heterocycles. The van der Waals surface area contributed by atoms with E-state index in [1.54, 1.807) is 0 Å². The van der Waals surface area contributed by atoms with Crippen molar-refractivity contribution in [3.63, 3.8) is 0 Å². The van der Waals surface area contributed by atoms with Crippen LogP contribution < -0.4 is 0 Å². The maximum absolute atomic E-state index is 9.53. The highest BCUT2D eigenvalue weighted by molar-refractivity contribution is 4.98. The lowest BCUT2D eigenvalue weighted by atomic mass is 10.0. The normalized spacial score (nSPS) is 51.5. The fourth-order valence-corrected chi connectivity index (χ4v) is 2.42. The Morgan fingerprint density at radius 1 is 1.18 bits per heavy atom. The SMILES string of the molecule is CN1C2CC(O)CC1C(O)C2. The highest BCUT2D eigenvalue weighted by Gasteiger charge is 2.43. The first-order chi connectivity index (χ1) is 5.18. The highest BCUT2D eigenvalue weighted by Crippen LogP contribution is 2.34. The van der Waals surface area contributed by atoms with Gasteiger partial charge in [-0.3, -0.25) is 4.90 Å². The molecule has 3 heteroatoms. The highest BCUT2D eigenvalue weighted by atomic mass is 16.3. The molecule has 2 aliphatic rings. The van der Waals surface area contributed by atoms with E-state index >= 15 is 0 Å². The van der Waals surface area contributed by atoms with E-state index in [0.29, 0.717) is 6.04 Å².